The molecule has 3 heteroatoms. The standard InChI is InChI=1S/C13H18FNO/c1-3-16-9-8-15-11(2)10-12-6-4-5-7-13(12)14/h3-7,11,15H,1,8-10H2,2H3. The molecule has 1 unspecified atom stereocenters. The zero-order chi connectivity index (χ0) is 11.8. The average molecular weight is 223 g/mol. The van der Waals surface area contributed by atoms with Gasteiger partial charge in [0.25, 0.3) is 0 Å². The van der Waals surface area contributed by atoms with E-state index in [1.165, 1.54) is 12.3 Å². The fraction of sp³-hybridized carbons (Fsp3) is 0.385. The van der Waals surface area contributed by atoms with Gasteiger partial charge in [-0.1, -0.05) is 24.8 Å². The van der Waals surface area contributed by atoms with Crippen molar-refractivity contribution in [2.75, 3.05) is 13.2 Å². The van der Waals surface area contributed by atoms with Crippen molar-refractivity contribution in [2.24, 2.45) is 0 Å². The van der Waals surface area contributed by atoms with Crippen molar-refractivity contribution in [2.45, 2.75) is 19.4 Å². The molecular formula is C13H18FNO. The van der Waals surface area contributed by atoms with Crippen LogP contribution in [0, 0.1) is 5.82 Å². The predicted molar refractivity (Wildman–Crippen MR) is 63.7 cm³/mol. The first-order valence-electron chi connectivity index (χ1n) is 5.43. The van der Waals surface area contributed by atoms with E-state index in [0.29, 0.717) is 13.0 Å². The summed E-state index contributed by atoms with van der Waals surface area (Å²) < 4.78 is 18.3. The van der Waals surface area contributed by atoms with E-state index in [1.54, 1.807) is 6.07 Å². The average Bonchev–Trinajstić information content (AvgIpc) is 2.28. The second-order valence-electron chi connectivity index (χ2n) is 3.69. The number of halogens is 1. The van der Waals surface area contributed by atoms with Crippen molar-refractivity contribution < 1.29 is 9.13 Å². The maximum Gasteiger partial charge on any atom is 0.126 e. The summed E-state index contributed by atoms with van der Waals surface area (Å²) >= 11 is 0. The molecule has 0 aliphatic heterocycles. The maximum absolute atomic E-state index is 13.3. The molecule has 0 spiro atoms. The largest absolute Gasteiger partial charge is 0.500 e. The second-order valence-corrected chi connectivity index (χ2v) is 3.69. The molecule has 0 saturated carbocycles. The van der Waals surface area contributed by atoms with Crippen LogP contribution in [0.4, 0.5) is 4.39 Å². The minimum Gasteiger partial charge on any atom is -0.500 e. The van der Waals surface area contributed by atoms with Gasteiger partial charge < -0.3 is 10.1 Å². The van der Waals surface area contributed by atoms with E-state index in [-0.39, 0.29) is 11.9 Å². The van der Waals surface area contributed by atoms with Gasteiger partial charge in [-0.15, -0.1) is 0 Å². The van der Waals surface area contributed by atoms with Gasteiger partial charge in [-0.25, -0.2) is 4.39 Å². The fourth-order valence-corrected chi connectivity index (χ4v) is 1.51. The normalized spacial score (nSPS) is 12.1. The van der Waals surface area contributed by atoms with Gasteiger partial charge in [0.15, 0.2) is 0 Å². The third-order valence-corrected chi connectivity index (χ3v) is 2.31. The van der Waals surface area contributed by atoms with Crippen LogP contribution in [0.2, 0.25) is 0 Å². The summed E-state index contributed by atoms with van der Waals surface area (Å²) in [5.41, 5.74) is 0.743. The second kappa shape index (κ2) is 7.01. The van der Waals surface area contributed by atoms with E-state index >= 15 is 0 Å². The van der Waals surface area contributed by atoms with Crippen LogP contribution in [-0.2, 0) is 11.2 Å². The highest BCUT2D eigenvalue weighted by molar-refractivity contribution is 5.18. The summed E-state index contributed by atoms with van der Waals surface area (Å²) in [5, 5.41) is 3.25. The van der Waals surface area contributed by atoms with Crippen molar-refractivity contribution in [3.63, 3.8) is 0 Å². The van der Waals surface area contributed by atoms with E-state index in [1.807, 2.05) is 19.1 Å². The highest BCUT2D eigenvalue weighted by Crippen LogP contribution is 2.08. The van der Waals surface area contributed by atoms with Gasteiger partial charge in [0.2, 0.25) is 0 Å². The Hall–Kier alpha value is -1.35. The van der Waals surface area contributed by atoms with Gasteiger partial charge in [0.1, 0.15) is 5.82 Å². The molecule has 0 fully saturated rings. The molecule has 0 radical (unpaired) electrons. The molecule has 0 aliphatic carbocycles. The van der Waals surface area contributed by atoms with Gasteiger partial charge in [-0.3, -0.25) is 0 Å². The Bertz CT molecular complexity index is 327. The summed E-state index contributed by atoms with van der Waals surface area (Å²) in [7, 11) is 0. The fourth-order valence-electron chi connectivity index (χ4n) is 1.51. The molecule has 0 bridgehead atoms. The lowest BCUT2D eigenvalue weighted by atomic mass is 10.1. The van der Waals surface area contributed by atoms with Crippen LogP contribution in [0.3, 0.4) is 0 Å². The molecule has 16 heavy (non-hydrogen) atoms. The van der Waals surface area contributed by atoms with Gasteiger partial charge in [-0.2, -0.15) is 0 Å². The highest BCUT2D eigenvalue weighted by Gasteiger charge is 2.06. The molecule has 0 saturated heterocycles. The topological polar surface area (TPSA) is 21.3 Å². The summed E-state index contributed by atoms with van der Waals surface area (Å²) in [5.74, 6) is -0.140. The van der Waals surface area contributed by atoms with Crippen LogP contribution in [-0.4, -0.2) is 19.2 Å². The van der Waals surface area contributed by atoms with Crippen molar-refractivity contribution in [3.8, 4) is 0 Å². The van der Waals surface area contributed by atoms with Crippen LogP contribution in [0.1, 0.15) is 12.5 Å². The minimum absolute atomic E-state index is 0.140. The Balaban J connectivity index is 2.31. The monoisotopic (exact) mass is 223 g/mol. The first kappa shape index (κ1) is 12.7. The summed E-state index contributed by atoms with van der Waals surface area (Å²) in [4.78, 5) is 0. The van der Waals surface area contributed by atoms with Crippen LogP contribution in [0.25, 0.3) is 0 Å². The first-order chi connectivity index (χ1) is 7.74. The number of rotatable bonds is 7. The van der Waals surface area contributed by atoms with Crippen LogP contribution in [0.5, 0.6) is 0 Å². The van der Waals surface area contributed by atoms with Crippen molar-refractivity contribution >= 4 is 0 Å². The van der Waals surface area contributed by atoms with Gasteiger partial charge in [0, 0.05) is 12.6 Å². The zero-order valence-electron chi connectivity index (χ0n) is 9.58. The molecule has 1 atom stereocenters. The number of nitrogens with one attached hydrogen (secondary N) is 1. The number of hydrogen-bond acceptors (Lipinski definition) is 2. The minimum atomic E-state index is -0.140. The van der Waals surface area contributed by atoms with Crippen molar-refractivity contribution in [1.82, 2.24) is 5.32 Å². The number of hydrogen-bond donors (Lipinski definition) is 1. The van der Waals surface area contributed by atoms with E-state index in [0.717, 1.165) is 12.1 Å². The number of benzene rings is 1. The molecule has 0 aliphatic rings. The first-order valence-corrected chi connectivity index (χ1v) is 5.43. The quantitative estimate of drug-likeness (QED) is 0.566. The maximum atomic E-state index is 13.3. The molecule has 88 valence electrons. The summed E-state index contributed by atoms with van der Waals surface area (Å²) in [6.45, 7) is 6.81. The highest BCUT2D eigenvalue weighted by atomic mass is 19.1. The van der Waals surface area contributed by atoms with Crippen molar-refractivity contribution in [1.29, 1.82) is 0 Å². The lowest BCUT2D eigenvalue weighted by molar-refractivity contribution is 0.245. The lowest BCUT2D eigenvalue weighted by Gasteiger charge is -2.13. The third-order valence-electron chi connectivity index (χ3n) is 2.31. The Labute approximate surface area is 96.1 Å². The molecule has 2 nitrogen and oxygen atoms in total. The Morgan fingerprint density at radius 1 is 1.50 bits per heavy atom. The smallest absolute Gasteiger partial charge is 0.126 e. The Morgan fingerprint density at radius 3 is 2.94 bits per heavy atom. The summed E-state index contributed by atoms with van der Waals surface area (Å²) in [6, 6.07) is 7.09. The Morgan fingerprint density at radius 2 is 2.25 bits per heavy atom. The van der Waals surface area contributed by atoms with Gasteiger partial charge >= 0.3 is 0 Å². The third kappa shape index (κ3) is 4.45. The number of ether oxygens (including phenoxy) is 1. The molecule has 0 heterocycles. The van der Waals surface area contributed by atoms with Gasteiger partial charge in [-0.05, 0) is 25.0 Å². The lowest BCUT2D eigenvalue weighted by Crippen LogP contribution is -2.31. The van der Waals surface area contributed by atoms with Crippen LogP contribution < -0.4 is 5.32 Å². The summed E-state index contributed by atoms with van der Waals surface area (Å²) in [6.07, 6.45) is 2.10. The predicted octanol–water partition coefficient (Wildman–Crippen LogP) is 2.51. The van der Waals surface area contributed by atoms with Gasteiger partial charge in [0.05, 0.1) is 12.9 Å². The molecule has 1 N–H and O–H groups in total. The molecular weight excluding hydrogens is 205 g/mol. The SMILES string of the molecule is C=COCCNC(C)Cc1ccccc1F. The van der Waals surface area contributed by atoms with E-state index in [9.17, 15) is 4.39 Å². The van der Waals surface area contributed by atoms with Crippen molar-refractivity contribution in [3.05, 3.63) is 48.5 Å². The van der Waals surface area contributed by atoms with Crippen LogP contribution >= 0.6 is 0 Å². The molecule has 0 aromatic heterocycles. The molecule has 1 aromatic carbocycles. The Kier molecular flexibility index (Phi) is 5.57. The molecule has 0 amide bonds. The van der Waals surface area contributed by atoms with E-state index in [4.69, 9.17) is 4.74 Å². The van der Waals surface area contributed by atoms with E-state index < -0.39 is 0 Å². The zero-order valence-corrected chi connectivity index (χ0v) is 9.58. The molecule has 1 aromatic rings. The molecule has 1 rings (SSSR count). The van der Waals surface area contributed by atoms with Crippen LogP contribution in [0.15, 0.2) is 37.1 Å². The van der Waals surface area contributed by atoms with E-state index in [2.05, 4.69) is 11.9 Å².